The van der Waals surface area contributed by atoms with Gasteiger partial charge in [0.25, 0.3) is 5.91 Å². The number of carbonyl (C=O) groups excluding carboxylic acids is 2. The van der Waals surface area contributed by atoms with E-state index in [1.165, 1.54) is 6.07 Å². The average Bonchev–Trinajstić information content (AvgIpc) is 3.02. The molecule has 0 aromatic heterocycles. The second kappa shape index (κ2) is 7.83. The monoisotopic (exact) mass is 392 g/mol. The van der Waals surface area contributed by atoms with Gasteiger partial charge in [-0.2, -0.15) is 0 Å². The van der Waals surface area contributed by atoms with Crippen molar-refractivity contribution in [3.63, 3.8) is 0 Å². The van der Waals surface area contributed by atoms with Crippen molar-refractivity contribution >= 4 is 17.5 Å². The minimum Gasteiger partial charge on any atom is -0.348 e. The summed E-state index contributed by atoms with van der Waals surface area (Å²) in [6.07, 6.45) is 0.232. The van der Waals surface area contributed by atoms with Gasteiger partial charge in [-0.1, -0.05) is 36.4 Å². The number of fused-ring (bicyclic) bond motifs is 1. The van der Waals surface area contributed by atoms with Gasteiger partial charge in [0.2, 0.25) is 5.91 Å². The van der Waals surface area contributed by atoms with Crippen LogP contribution in [0.25, 0.3) is 0 Å². The summed E-state index contributed by atoms with van der Waals surface area (Å²) in [5.74, 6) is -1.78. The lowest BCUT2D eigenvalue weighted by Gasteiger charge is -2.18. The van der Waals surface area contributed by atoms with Crippen LogP contribution in [0, 0.1) is 11.6 Å². The molecule has 1 N–H and O–H groups in total. The fraction of sp³-hybridized carbons (Fsp3) is 0.130. The zero-order valence-electron chi connectivity index (χ0n) is 15.5. The fourth-order valence-electron chi connectivity index (χ4n) is 3.41. The van der Waals surface area contributed by atoms with Gasteiger partial charge in [0, 0.05) is 29.4 Å². The van der Waals surface area contributed by atoms with Crippen molar-refractivity contribution < 1.29 is 18.4 Å². The van der Waals surface area contributed by atoms with E-state index in [1.807, 2.05) is 30.3 Å². The molecule has 0 unspecified atom stereocenters. The average molecular weight is 392 g/mol. The minimum absolute atomic E-state index is 0.0187. The van der Waals surface area contributed by atoms with E-state index in [1.54, 1.807) is 23.1 Å². The van der Waals surface area contributed by atoms with Crippen molar-refractivity contribution in [2.45, 2.75) is 19.5 Å². The van der Waals surface area contributed by atoms with E-state index in [0.717, 1.165) is 28.9 Å². The maximum atomic E-state index is 13.7. The second-order valence-corrected chi connectivity index (χ2v) is 6.90. The minimum atomic E-state index is -0.707. The lowest BCUT2D eigenvalue weighted by Crippen LogP contribution is -2.26. The van der Waals surface area contributed by atoms with Gasteiger partial charge in [-0.3, -0.25) is 9.59 Å². The number of hydrogen-bond acceptors (Lipinski definition) is 2. The summed E-state index contributed by atoms with van der Waals surface area (Å²) < 4.78 is 26.7. The van der Waals surface area contributed by atoms with Crippen molar-refractivity contribution in [3.8, 4) is 0 Å². The number of rotatable bonds is 5. The number of hydrogen-bond donors (Lipinski definition) is 1. The predicted molar refractivity (Wildman–Crippen MR) is 105 cm³/mol. The van der Waals surface area contributed by atoms with Crippen LogP contribution < -0.4 is 10.2 Å². The van der Waals surface area contributed by atoms with Gasteiger partial charge in [-0.25, -0.2) is 8.78 Å². The molecular weight excluding hydrogens is 374 g/mol. The maximum Gasteiger partial charge on any atom is 0.251 e. The molecule has 4 nitrogen and oxygen atoms in total. The molecule has 0 bridgehead atoms. The van der Waals surface area contributed by atoms with Gasteiger partial charge in [0.1, 0.15) is 11.6 Å². The van der Waals surface area contributed by atoms with Crippen molar-refractivity contribution in [1.29, 1.82) is 0 Å². The summed E-state index contributed by atoms with van der Waals surface area (Å²) >= 11 is 0. The third-order valence-electron chi connectivity index (χ3n) is 4.91. The normalized spacial score (nSPS) is 12.8. The molecule has 0 fully saturated rings. The van der Waals surface area contributed by atoms with Crippen LogP contribution in [-0.2, 0) is 24.3 Å². The molecule has 0 atom stereocenters. The number of halogens is 2. The van der Waals surface area contributed by atoms with E-state index >= 15 is 0 Å². The second-order valence-electron chi connectivity index (χ2n) is 6.90. The first-order valence-corrected chi connectivity index (χ1v) is 9.20. The Balaban J connectivity index is 1.47. The Morgan fingerprint density at radius 1 is 1.00 bits per heavy atom. The number of anilines is 1. The molecule has 4 rings (SSSR count). The van der Waals surface area contributed by atoms with Crippen LogP contribution in [0.15, 0.2) is 66.7 Å². The van der Waals surface area contributed by atoms with E-state index in [-0.39, 0.29) is 30.3 Å². The highest BCUT2D eigenvalue weighted by molar-refractivity contribution is 6.03. The SMILES string of the molecule is O=C(NCc1ccc(F)cc1F)c1ccc2c(c1)CC(=O)N2Cc1ccccc1. The summed E-state index contributed by atoms with van der Waals surface area (Å²) in [6.45, 7) is 0.420. The van der Waals surface area contributed by atoms with Crippen molar-refractivity contribution in [1.82, 2.24) is 5.32 Å². The molecule has 0 aliphatic carbocycles. The van der Waals surface area contributed by atoms with Crippen molar-refractivity contribution in [2.24, 2.45) is 0 Å². The Hall–Kier alpha value is -3.54. The van der Waals surface area contributed by atoms with Crippen molar-refractivity contribution in [3.05, 3.63) is 101 Å². The highest BCUT2D eigenvalue weighted by Crippen LogP contribution is 2.31. The van der Waals surface area contributed by atoms with Crippen LogP contribution in [0.1, 0.15) is 27.0 Å². The molecule has 0 radical (unpaired) electrons. The molecule has 6 heteroatoms. The number of amides is 2. The molecule has 29 heavy (non-hydrogen) atoms. The summed E-state index contributed by atoms with van der Waals surface area (Å²) in [5, 5.41) is 2.63. The standard InChI is InChI=1S/C23H18F2N2O2/c24-19-8-6-17(20(25)12-19)13-26-23(29)16-7-9-21-18(10-16)11-22(28)27(21)14-15-4-2-1-3-5-15/h1-10,12H,11,13-14H2,(H,26,29). The van der Waals surface area contributed by atoms with E-state index in [0.29, 0.717) is 12.1 Å². The number of nitrogens with zero attached hydrogens (tertiary/aromatic N) is 1. The van der Waals surface area contributed by atoms with E-state index in [4.69, 9.17) is 0 Å². The Bertz CT molecular complexity index is 1080. The lowest BCUT2D eigenvalue weighted by atomic mass is 10.1. The predicted octanol–water partition coefficient (Wildman–Crippen LogP) is 3.98. The molecule has 0 saturated heterocycles. The molecule has 0 saturated carbocycles. The highest BCUT2D eigenvalue weighted by atomic mass is 19.1. The van der Waals surface area contributed by atoms with E-state index in [2.05, 4.69) is 5.32 Å². The molecule has 0 spiro atoms. The van der Waals surface area contributed by atoms with Crippen LogP contribution in [0.5, 0.6) is 0 Å². The zero-order valence-corrected chi connectivity index (χ0v) is 15.5. The topological polar surface area (TPSA) is 49.4 Å². The summed E-state index contributed by atoms with van der Waals surface area (Å²) in [5.41, 5.74) is 3.19. The molecule has 1 aliphatic rings. The van der Waals surface area contributed by atoms with Gasteiger partial charge in [0.05, 0.1) is 13.0 Å². The van der Waals surface area contributed by atoms with Crippen LogP contribution in [0.4, 0.5) is 14.5 Å². The van der Waals surface area contributed by atoms with Crippen molar-refractivity contribution in [2.75, 3.05) is 4.90 Å². The summed E-state index contributed by atoms with van der Waals surface area (Å²) in [7, 11) is 0. The Labute approximate surface area is 166 Å². The fourth-order valence-corrected chi connectivity index (χ4v) is 3.41. The maximum absolute atomic E-state index is 13.7. The molecule has 2 amide bonds. The number of carbonyl (C=O) groups is 2. The Morgan fingerprint density at radius 2 is 1.79 bits per heavy atom. The van der Waals surface area contributed by atoms with Crippen LogP contribution in [0.3, 0.4) is 0 Å². The molecule has 1 heterocycles. The molecule has 3 aromatic carbocycles. The summed E-state index contributed by atoms with van der Waals surface area (Å²) in [4.78, 5) is 26.6. The Kier molecular flexibility index (Phi) is 5.08. The first-order chi connectivity index (χ1) is 14.0. The molecule has 146 valence electrons. The molecular formula is C23H18F2N2O2. The van der Waals surface area contributed by atoms with Crippen LogP contribution in [-0.4, -0.2) is 11.8 Å². The smallest absolute Gasteiger partial charge is 0.251 e. The quantitative estimate of drug-likeness (QED) is 0.714. The largest absolute Gasteiger partial charge is 0.348 e. The highest BCUT2D eigenvalue weighted by Gasteiger charge is 2.28. The molecule has 3 aromatic rings. The van der Waals surface area contributed by atoms with Crippen LogP contribution >= 0.6 is 0 Å². The van der Waals surface area contributed by atoms with E-state index < -0.39 is 11.6 Å². The van der Waals surface area contributed by atoms with Gasteiger partial charge < -0.3 is 10.2 Å². The lowest BCUT2D eigenvalue weighted by molar-refractivity contribution is -0.117. The Morgan fingerprint density at radius 3 is 2.55 bits per heavy atom. The first-order valence-electron chi connectivity index (χ1n) is 9.20. The number of nitrogens with one attached hydrogen (secondary N) is 1. The van der Waals surface area contributed by atoms with Gasteiger partial charge in [-0.05, 0) is 35.4 Å². The van der Waals surface area contributed by atoms with Gasteiger partial charge in [-0.15, -0.1) is 0 Å². The third kappa shape index (κ3) is 4.01. The summed E-state index contributed by atoms with van der Waals surface area (Å²) in [6, 6.07) is 18.0. The van der Waals surface area contributed by atoms with E-state index in [9.17, 15) is 18.4 Å². The van der Waals surface area contributed by atoms with Gasteiger partial charge >= 0.3 is 0 Å². The molecule has 1 aliphatic heterocycles. The first kappa shape index (κ1) is 18.8. The van der Waals surface area contributed by atoms with Gasteiger partial charge in [0.15, 0.2) is 0 Å². The van der Waals surface area contributed by atoms with Crippen LogP contribution in [0.2, 0.25) is 0 Å². The number of benzene rings is 3. The zero-order chi connectivity index (χ0) is 20.4. The third-order valence-corrected chi connectivity index (χ3v) is 4.91.